The highest BCUT2D eigenvalue weighted by atomic mass is 16.5. The zero-order chi connectivity index (χ0) is 15.6. The first kappa shape index (κ1) is 17.8. The molecule has 0 radical (unpaired) electrons. The molecule has 0 spiro atoms. The molecule has 0 bridgehead atoms. The van der Waals surface area contributed by atoms with Crippen LogP contribution < -0.4 is 0 Å². The molecule has 2 saturated carbocycles. The third-order valence-corrected chi connectivity index (χ3v) is 5.89. The molecule has 0 atom stereocenters. The Bertz CT molecular complexity index is 317. The van der Waals surface area contributed by atoms with Crippen LogP contribution in [0.5, 0.6) is 0 Å². The van der Waals surface area contributed by atoms with Crippen molar-refractivity contribution in [2.75, 3.05) is 13.2 Å². The first-order valence-electron chi connectivity index (χ1n) is 9.63. The van der Waals surface area contributed by atoms with Crippen LogP contribution in [0.15, 0.2) is 24.8 Å². The lowest BCUT2D eigenvalue weighted by molar-refractivity contribution is 0.0937. The molecule has 126 valence electrons. The second-order valence-corrected chi connectivity index (χ2v) is 7.60. The molecule has 0 heterocycles. The largest absolute Gasteiger partial charge is 0.377 e. The van der Waals surface area contributed by atoms with E-state index in [0.29, 0.717) is 0 Å². The Labute approximate surface area is 138 Å². The fraction of sp³-hybridized carbons (Fsp3) is 0.810. The number of allylic oxidation sites excluding steroid dienone is 2. The van der Waals surface area contributed by atoms with E-state index in [1.165, 1.54) is 64.2 Å². The first-order chi connectivity index (χ1) is 10.8. The Hall–Kier alpha value is -0.560. The van der Waals surface area contributed by atoms with Crippen molar-refractivity contribution in [1.82, 2.24) is 0 Å². The van der Waals surface area contributed by atoms with E-state index in [-0.39, 0.29) is 0 Å². The fourth-order valence-corrected chi connectivity index (χ4v) is 4.42. The minimum atomic E-state index is 0.718. The van der Waals surface area contributed by atoms with Gasteiger partial charge < -0.3 is 4.74 Å². The molecule has 2 aliphatic rings. The van der Waals surface area contributed by atoms with Gasteiger partial charge in [-0.15, -0.1) is 6.58 Å². The molecule has 0 unspecified atom stereocenters. The van der Waals surface area contributed by atoms with Gasteiger partial charge in [-0.3, -0.25) is 0 Å². The molecule has 0 aromatic carbocycles. The van der Waals surface area contributed by atoms with E-state index in [9.17, 15) is 0 Å². The predicted molar refractivity (Wildman–Crippen MR) is 96.0 cm³/mol. The maximum atomic E-state index is 5.62. The molecule has 1 nitrogen and oxygen atoms in total. The van der Waals surface area contributed by atoms with Gasteiger partial charge in [-0.2, -0.15) is 0 Å². The molecule has 2 aliphatic carbocycles. The van der Waals surface area contributed by atoms with Gasteiger partial charge in [-0.1, -0.05) is 43.9 Å². The molecule has 0 saturated heterocycles. The monoisotopic (exact) mass is 304 g/mol. The molecule has 1 heteroatoms. The molecule has 0 aliphatic heterocycles. The lowest BCUT2D eigenvalue weighted by atomic mass is 9.75. The number of hydrogen-bond acceptors (Lipinski definition) is 1. The van der Waals surface area contributed by atoms with Gasteiger partial charge >= 0.3 is 0 Å². The SMILES string of the molecule is C=CCOCC1CCC(CC[C@H]2CC[C@H](/C=C/C)CC2)CC1. The van der Waals surface area contributed by atoms with Crippen molar-refractivity contribution in [3.63, 3.8) is 0 Å². The lowest BCUT2D eigenvalue weighted by Crippen LogP contribution is -2.20. The minimum Gasteiger partial charge on any atom is -0.377 e. The van der Waals surface area contributed by atoms with Crippen LogP contribution in [-0.4, -0.2) is 13.2 Å². The summed E-state index contributed by atoms with van der Waals surface area (Å²) in [4.78, 5) is 0. The maximum absolute atomic E-state index is 5.62. The van der Waals surface area contributed by atoms with Crippen LogP contribution in [0.3, 0.4) is 0 Å². The van der Waals surface area contributed by atoms with Crippen LogP contribution in [0.2, 0.25) is 0 Å². The van der Waals surface area contributed by atoms with Crippen molar-refractivity contribution in [3.8, 4) is 0 Å². The van der Waals surface area contributed by atoms with Crippen LogP contribution in [0, 0.1) is 23.7 Å². The zero-order valence-electron chi connectivity index (χ0n) is 14.6. The minimum absolute atomic E-state index is 0.718. The number of ether oxygens (including phenoxy) is 1. The number of hydrogen-bond donors (Lipinski definition) is 0. The lowest BCUT2D eigenvalue weighted by Gasteiger charge is -2.31. The van der Waals surface area contributed by atoms with Crippen LogP contribution >= 0.6 is 0 Å². The van der Waals surface area contributed by atoms with E-state index in [4.69, 9.17) is 4.74 Å². The average Bonchev–Trinajstić information content (AvgIpc) is 2.56. The van der Waals surface area contributed by atoms with Crippen molar-refractivity contribution in [2.24, 2.45) is 23.7 Å². The third-order valence-electron chi connectivity index (χ3n) is 5.89. The summed E-state index contributed by atoms with van der Waals surface area (Å²) in [6.07, 6.45) is 21.0. The summed E-state index contributed by atoms with van der Waals surface area (Å²) in [5.74, 6) is 3.72. The predicted octanol–water partition coefficient (Wildman–Crippen LogP) is 6.16. The van der Waals surface area contributed by atoms with E-state index in [2.05, 4.69) is 25.7 Å². The van der Waals surface area contributed by atoms with Gasteiger partial charge in [0.25, 0.3) is 0 Å². The topological polar surface area (TPSA) is 9.23 Å². The van der Waals surface area contributed by atoms with E-state index in [1.807, 2.05) is 6.08 Å². The van der Waals surface area contributed by atoms with Crippen molar-refractivity contribution in [1.29, 1.82) is 0 Å². The second kappa shape index (κ2) is 10.3. The summed E-state index contributed by atoms with van der Waals surface area (Å²) in [6.45, 7) is 7.54. The third kappa shape index (κ3) is 6.28. The highest BCUT2D eigenvalue weighted by Gasteiger charge is 2.24. The van der Waals surface area contributed by atoms with Crippen molar-refractivity contribution in [2.45, 2.75) is 71.1 Å². The Morgan fingerprint density at radius 1 is 0.864 bits per heavy atom. The van der Waals surface area contributed by atoms with Crippen molar-refractivity contribution >= 4 is 0 Å². The van der Waals surface area contributed by atoms with Gasteiger partial charge in [0.2, 0.25) is 0 Å². The summed E-state index contributed by atoms with van der Waals surface area (Å²) in [5, 5.41) is 0. The van der Waals surface area contributed by atoms with E-state index < -0.39 is 0 Å². The molecule has 2 fully saturated rings. The Balaban J connectivity index is 1.54. The van der Waals surface area contributed by atoms with Gasteiger partial charge in [0.15, 0.2) is 0 Å². The summed E-state index contributed by atoms with van der Waals surface area (Å²) < 4.78 is 5.62. The van der Waals surface area contributed by atoms with Crippen LogP contribution in [0.4, 0.5) is 0 Å². The van der Waals surface area contributed by atoms with Gasteiger partial charge in [-0.25, -0.2) is 0 Å². The van der Waals surface area contributed by atoms with Gasteiger partial charge in [0, 0.05) is 6.61 Å². The molecule has 0 N–H and O–H groups in total. The molecular formula is C21H36O. The van der Waals surface area contributed by atoms with E-state index in [0.717, 1.165) is 36.9 Å². The quantitative estimate of drug-likeness (QED) is 0.385. The van der Waals surface area contributed by atoms with E-state index in [1.54, 1.807) is 0 Å². The van der Waals surface area contributed by atoms with Crippen molar-refractivity contribution < 1.29 is 4.74 Å². The summed E-state index contributed by atoms with van der Waals surface area (Å²) in [6, 6.07) is 0. The van der Waals surface area contributed by atoms with Gasteiger partial charge in [0.1, 0.15) is 0 Å². The van der Waals surface area contributed by atoms with Crippen LogP contribution in [0.25, 0.3) is 0 Å². The molecule has 2 rings (SSSR count). The fourth-order valence-electron chi connectivity index (χ4n) is 4.42. The Kier molecular flexibility index (Phi) is 8.30. The van der Waals surface area contributed by atoms with Gasteiger partial charge in [0.05, 0.1) is 6.61 Å². The summed E-state index contributed by atoms with van der Waals surface area (Å²) in [7, 11) is 0. The summed E-state index contributed by atoms with van der Waals surface area (Å²) in [5.41, 5.74) is 0. The second-order valence-electron chi connectivity index (χ2n) is 7.60. The number of rotatable bonds is 8. The maximum Gasteiger partial charge on any atom is 0.0644 e. The molecule has 0 aromatic rings. The smallest absolute Gasteiger partial charge is 0.0644 e. The summed E-state index contributed by atoms with van der Waals surface area (Å²) >= 11 is 0. The van der Waals surface area contributed by atoms with Crippen LogP contribution in [0.1, 0.15) is 71.1 Å². The highest BCUT2D eigenvalue weighted by molar-refractivity contribution is 4.89. The van der Waals surface area contributed by atoms with Crippen molar-refractivity contribution in [3.05, 3.63) is 24.8 Å². The van der Waals surface area contributed by atoms with Gasteiger partial charge in [-0.05, 0) is 69.1 Å². The molecular weight excluding hydrogens is 268 g/mol. The Morgan fingerprint density at radius 3 is 1.95 bits per heavy atom. The average molecular weight is 305 g/mol. The van der Waals surface area contributed by atoms with E-state index >= 15 is 0 Å². The molecule has 22 heavy (non-hydrogen) atoms. The standard InChI is InChI=1S/C21H36O/c1-3-5-18-6-8-19(9-7-18)10-11-20-12-14-21(15-13-20)17-22-16-4-2/h3-5,18-21H,2,6-17H2,1H3/b5-3+/t18-,19-,20?,21?. The molecule has 0 amide bonds. The van der Waals surface area contributed by atoms with Crippen LogP contribution in [-0.2, 0) is 4.74 Å². The Morgan fingerprint density at radius 2 is 1.41 bits per heavy atom. The zero-order valence-corrected chi connectivity index (χ0v) is 14.6. The normalized spacial score (nSPS) is 33.1. The first-order valence-corrected chi connectivity index (χ1v) is 9.63. The molecule has 0 aromatic heterocycles. The highest BCUT2D eigenvalue weighted by Crippen LogP contribution is 2.36.